The van der Waals surface area contributed by atoms with Gasteiger partial charge in [0.15, 0.2) is 5.78 Å². The van der Waals surface area contributed by atoms with E-state index in [1.807, 2.05) is 43.0 Å². The third-order valence-corrected chi connectivity index (χ3v) is 8.10. The Hall–Kier alpha value is -3.47. The molecular formula is C27H26BBrN7O2. The van der Waals surface area contributed by atoms with Gasteiger partial charge in [0.05, 0.1) is 16.9 Å². The van der Waals surface area contributed by atoms with Crippen molar-refractivity contribution in [2.24, 2.45) is 5.41 Å². The van der Waals surface area contributed by atoms with Crippen molar-refractivity contribution >= 4 is 51.4 Å². The Morgan fingerprint density at radius 3 is 2.63 bits per heavy atom. The molecule has 3 atom stereocenters. The molecule has 6 rings (SSSR count). The maximum absolute atomic E-state index is 13.8. The second-order valence-corrected chi connectivity index (χ2v) is 11.4. The number of amides is 1. The van der Waals surface area contributed by atoms with Gasteiger partial charge in [0, 0.05) is 47.8 Å². The number of carbonyl (C=O) groups is 2. The van der Waals surface area contributed by atoms with E-state index in [1.54, 1.807) is 17.1 Å². The van der Waals surface area contributed by atoms with E-state index in [0.717, 1.165) is 28.6 Å². The lowest BCUT2D eigenvalue weighted by Gasteiger charge is -2.27. The van der Waals surface area contributed by atoms with Crippen molar-refractivity contribution in [3.05, 3.63) is 58.5 Å². The number of hydrogen-bond acceptors (Lipinski definition) is 7. The largest absolute Gasteiger partial charge is 0.342 e. The number of carbonyl (C=O) groups excluding carboxylic acids is 2. The van der Waals surface area contributed by atoms with Crippen molar-refractivity contribution in [2.75, 3.05) is 0 Å². The Kier molecular flexibility index (Phi) is 5.94. The van der Waals surface area contributed by atoms with Crippen LogP contribution in [0.3, 0.4) is 0 Å². The van der Waals surface area contributed by atoms with Gasteiger partial charge in [-0.1, -0.05) is 19.1 Å². The fourth-order valence-electron chi connectivity index (χ4n) is 5.71. The second-order valence-electron chi connectivity index (χ2n) is 10.6. The first kappa shape index (κ1) is 24.8. The number of aromatic nitrogens is 6. The number of pyridine rings is 2. The number of hydrogen-bond donors (Lipinski definition) is 0. The Labute approximate surface area is 229 Å². The van der Waals surface area contributed by atoms with Gasteiger partial charge in [-0.2, -0.15) is 5.10 Å². The van der Waals surface area contributed by atoms with Crippen LogP contribution >= 0.6 is 15.9 Å². The molecule has 5 heterocycles. The predicted octanol–water partition coefficient (Wildman–Crippen LogP) is 3.23. The average Bonchev–Trinajstić information content (AvgIpc) is 3.22. The highest BCUT2D eigenvalue weighted by Crippen LogP contribution is 2.58. The molecule has 1 saturated carbocycles. The molecule has 1 amide bonds. The molecule has 4 aromatic heterocycles. The van der Waals surface area contributed by atoms with Gasteiger partial charge in [-0.3, -0.25) is 24.2 Å². The molecule has 1 radical (unpaired) electrons. The highest BCUT2D eigenvalue weighted by molar-refractivity contribution is 9.10. The van der Waals surface area contributed by atoms with Crippen LogP contribution in [0.1, 0.15) is 48.7 Å². The van der Waals surface area contributed by atoms with Gasteiger partial charge in [0.1, 0.15) is 22.7 Å². The standard InChI is InChI=1S/C27H26BBrN7O2/c1-14-26-18(8-19(32-14)17-11-30-16(3)31-12-17)25(15(2)37)34-35(26)13-24(38)36-20-9-27(20,4)10-22(36)28-21-6-5-7-23(29)33-21/h5-8,11-12,20,22H,9-10,13H2,1-4H3. The Balaban J connectivity index is 1.34. The summed E-state index contributed by atoms with van der Waals surface area (Å²) in [6.07, 6.45) is 5.33. The van der Waals surface area contributed by atoms with Gasteiger partial charge in [-0.15, -0.1) is 0 Å². The first-order valence-corrected chi connectivity index (χ1v) is 13.4. The first-order valence-electron chi connectivity index (χ1n) is 12.6. The van der Waals surface area contributed by atoms with Crippen molar-refractivity contribution in [2.45, 2.75) is 59.1 Å². The smallest absolute Gasteiger partial charge is 0.244 e. The molecule has 2 fully saturated rings. The molecule has 1 aliphatic heterocycles. The molecule has 2 aliphatic rings. The maximum atomic E-state index is 13.8. The predicted molar refractivity (Wildman–Crippen MR) is 147 cm³/mol. The van der Waals surface area contributed by atoms with Crippen molar-refractivity contribution in [3.8, 4) is 11.3 Å². The van der Waals surface area contributed by atoms with Crippen LogP contribution in [0.25, 0.3) is 22.2 Å². The van der Waals surface area contributed by atoms with Crippen LogP contribution in [0.2, 0.25) is 0 Å². The second kappa shape index (κ2) is 9.08. The number of rotatable bonds is 6. The van der Waals surface area contributed by atoms with Crippen molar-refractivity contribution in [1.82, 2.24) is 34.6 Å². The zero-order valence-electron chi connectivity index (χ0n) is 21.6. The zero-order chi connectivity index (χ0) is 26.8. The third-order valence-electron chi connectivity index (χ3n) is 7.66. The summed E-state index contributed by atoms with van der Waals surface area (Å²) >= 11 is 3.43. The first-order chi connectivity index (χ1) is 18.1. The summed E-state index contributed by atoms with van der Waals surface area (Å²) in [5, 5.41) is 5.28. The number of aryl methyl sites for hydroxylation is 2. The molecule has 9 nitrogen and oxygen atoms in total. The van der Waals surface area contributed by atoms with Gasteiger partial charge in [-0.25, -0.2) is 9.97 Å². The molecule has 0 N–H and O–H groups in total. The minimum Gasteiger partial charge on any atom is -0.342 e. The molecule has 0 aromatic carbocycles. The fourth-order valence-corrected chi connectivity index (χ4v) is 6.07. The Morgan fingerprint density at radius 1 is 1.16 bits per heavy atom. The van der Waals surface area contributed by atoms with Crippen LogP contribution in [0.5, 0.6) is 0 Å². The molecule has 191 valence electrons. The molecular weight excluding hydrogens is 545 g/mol. The van der Waals surface area contributed by atoms with Crippen LogP contribution in [0, 0.1) is 19.3 Å². The van der Waals surface area contributed by atoms with E-state index in [2.05, 4.69) is 50.2 Å². The molecule has 11 heteroatoms. The number of piperidine rings is 1. The highest BCUT2D eigenvalue weighted by atomic mass is 79.9. The lowest BCUT2D eigenvalue weighted by Crippen LogP contribution is -2.47. The van der Waals surface area contributed by atoms with Crippen LogP contribution in [0.15, 0.2) is 41.3 Å². The van der Waals surface area contributed by atoms with Crippen LogP contribution in [-0.2, 0) is 11.3 Å². The number of nitrogens with zero attached hydrogens (tertiary/aromatic N) is 7. The molecule has 0 spiro atoms. The molecule has 3 unspecified atom stereocenters. The topological polar surface area (TPSA) is 107 Å². The highest BCUT2D eigenvalue weighted by Gasteiger charge is 2.62. The van der Waals surface area contributed by atoms with Crippen LogP contribution in [-0.4, -0.2) is 65.6 Å². The molecule has 38 heavy (non-hydrogen) atoms. The number of halogens is 1. The lowest BCUT2D eigenvalue weighted by molar-refractivity contribution is -0.132. The van der Waals surface area contributed by atoms with E-state index < -0.39 is 0 Å². The van der Waals surface area contributed by atoms with E-state index in [0.29, 0.717) is 33.8 Å². The Bertz CT molecular complexity index is 1610. The summed E-state index contributed by atoms with van der Waals surface area (Å²) in [5.74, 6) is 0.430. The van der Waals surface area contributed by atoms with E-state index in [4.69, 9.17) is 4.98 Å². The van der Waals surface area contributed by atoms with Gasteiger partial charge in [0.25, 0.3) is 0 Å². The maximum Gasteiger partial charge on any atom is 0.244 e. The van der Waals surface area contributed by atoms with Crippen LogP contribution < -0.4 is 5.59 Å². The fraction of sp³-hybridized carbons (Fsp3) is 0.370. The van der Waals surface area contributed by atoms with Crippen molar-refractivity contribution in [3.63, 3.8) is 0 Å². The van der Waals surface area contributed by atoms with E-state index in [-0.39, 0.29) is 35.6 Å². The number of Topliss-reactive ketones (excluding diaryl/α,β-unsaturated/α-hetero) is 1. The summed E-state index contributed by atoms with van der Waals surface area (Å²) in [4.78, 5) is 46.2. The number of fused-ring (bicyclic) bond motifs is 2. The monoisotopic (exact) mass is 570 g/mol. The average molecular weight is 571 g/mol. The molecule has 4 aromatic rings. The molecule has 1 aliphatic carbocycles. The van der Waals surface area contributed by atoms with Gasteiger partial charge < -0.3 is 4.90 Å². The van der Waals surface area contributed by atoms with Crippen LogP contribution in [0.4, 0.5) is 0 Å². The SMILES string of the molecule is CC(=O)c1nn(CC(=O)N2C([B]c3cccc(Br)n3)CC3(C)CC23)c2c(C)nc(-c3cnc(C)nc3)cc12. The van der Waals surface area contributed by atoms with E-state index in [9.17, 15) is 9.59 Å². The summed E-state index contributed by atoms with van der Waals surface area (Å²) < 4.78 is 2.40. The summed E-state index contributed by atoms with van der Waals surface area (Å²) in [6, 6.07) is 7.82. The van der Waals surface area contributed by atoms with Gasteiger partial charge in [0.2, 0.25) is 13.2 Å². The van der Waals surface area contributed by atoms with Gasteiger partial charge in [-0.05, 0) is 60.2 Å². The van der Waals surface area contributed by atoms with Gasteiger partial charge >= 0.3 is 0 Å². The quantitative estimate of drug-likeness (QED) is 0.199. The summed E-state index contributed by atoms with van der Waals surface area (Å²) in [6.45, 7) is 7.45. The normalized spacial score (nSPS) is 22.0. The van der Waals surface area contributed by atoms with Crippen molar-refractivity contribution < 1.29 is 9.59 Å². The van der Waals surface area contributed by atoms with E-state index in [1.165, 1.54) is 6.92 Å². The molecule has 0 bridgehead atoms. The minimum atomic E-state index is -0.166. The minimum absolute atomic E-state index is 0.0256. The number of ketones is 1. The third kappa shape index (κ3) is 4.32. The summed E-state index contributed by atoms with van der Waals surface area (Å²) in [5.41, 5.74) is 4.07. The molecule has 1 saturated heterocycles. The summed E-state index contributed by atoms with van der Waals surface area (Å²) in [7, 11) is 2.07. The van der Waals surface area contributed by atoms with E-state index >= 15 is 0 Å². The lowest BCUT2D eigenvalue weighted by atomic mass is 9.63. The Morgan fingerprint density at radius 2 is 1.92 bits per heavy atom. The number of likely N-dealkylation sites (tertiary alicyclic amines) is 1. The zero-order valence-corrected chi connectivity index (χ0v) is 23.2. The van der Waals surface area contributed by atoms with Crippen molar-refractivity contribution in [1.29, 1.82) is 0 Å².